The maximum atomic E-state index is 14.7. The summed E-state index contributed by atoms with van der Waals surface area (Å²) in [6, 6.07) is 6.02. The Morgan fingerprint density at radius 3 is 2.53 bits per heavy atom. The average Bonchev–Trinajstić information content (AvgIpc) is 3.71. The van der Waals surface area contributed by atoms with E-state index in [0.717, 1.165) is 31.4 Å². The number of carbonyl (C=O) groups excluding carboxylic acids is 3. The zero-order valence-electron chi connectivity index (χ0n) is 21.7. The Labute approximate surface area is 242 Å². The first-order valence-electron chi connectivity index (χ1n) is 12.9. The molecule has 2 heterocycles. The van der Waals surface area contributed by atoms with Crippen molar-refractivity contribution in [1.82, 2.24) is 14.7 Å². The van der Waals surface area contributed by atoms with Gasteiger partial charge in [0.15, 0.2) is 5.78 Å². The highest BCUT2D eigenvalue weighted by atomic mass is 35.5. The lowest BCUT2D eigenvalue weighted by atomic mass is 9.93. The molecule has 212 valence electrons. The molecule has 1 aliphatic carbocycles. The Kier molecular flexibility index (Phi) is 13.0. The molecule has 0 radical (unpaired) electrons. The van der Waals surface area contributed by atoms with Crippen molar-refractivity contribution in [2.75, 3.05) is 52.4 Å². The number of thiol groups is 1. The van der Waals surface area contributed by atoms with Crippen LogP contribution in [0.3, 0.4) is 0 Å². The Hall–Kier alpha value is -1.65. The van der Waals surface area contributed by atoms with Gasteiger partial charge < -0.3 is 9.64 Å². The molecular weight excluding hydrogens is 552 g/mol. The molecule has 2 atom stereocenters. The summed E-state index contributed by atoms with van der Waals surface area (Å²) >= 11 is 4.78. The summed E-state index contributed by atoms with van der Waals surface area (Å²) in [6.07, 6.45) is 4.87. The van der Waals surface area contributed by atoms with Crippen LogP contribution in [-0.4, -0.2) is 90.0 Å². The zero-order chi connectivity index (χ0) is 25.7. The number of esters is 1. The van der Waals surface area contributed by atoms with Gasteiger partial charge in [0.2, 0.25) is 5.91 Å². The normalized spacial score (nSPS) is 22.4. The highest BCUT2D eigenvalue weighted by molar-refractivity contribution is 7.81. The van der Waals surface area contributed by atoms with Crippen LogP contribution in [0.4, 0.5) is 4.39 Å². The number of ether oxygens (including phenoxy) is 1. The standard InChI is InChI=1S/C27H36FN3O4S.2ClH/c1-2-35-25(33)11-14-30-16-15-29(18-24(30)32)12-9-20-17-31(13-10-23(20)36)26(27(34)19-7-8-19)21-5-3-4-6-22(21)28;;/h3-6,9,19,23,26,36H,2,7-8,10-18H2,1H3;2*1H. The fraction of sp³-hybridized carbons (Fsp3) is 0.593. The van der Waals surface area contributed by atoms with Crippen LogP contribution < -0.4 is 0 Å². The number of halogens is 3. The van der Waals surface area contributed by atoms with Crippen LogP contribution in [-0.2, 0) is 19.1 Å². The minimum atomic E-state index is -0.576. The minimum Gasteiger partial charge on any atom is -0.466 e. The van der Waals surface area contributed by atoms with Gasteiger partial charge in [0.1, 0.15) is 5.82 Å². The van der Waals surface area contributed by atoms with Crippen molar-refractivity contribution in [2.45, 2.75) is 43.9 Å². The molecule has 0 bridgehead atoms. The third-order valence-corrected chi connectivity index (χ3v) is 7.81. The van der Waals surface area contributed by atoms with Gasteiger partial charge in [-0.3, -0.25) is 24.2 Å². The molecule has 0 aromatic heterocycles. The minimum absolute atomic E-state index is 0. The lowest BCUT2D eigenvalue weighted by Crippen LogP contribution is -2.50. The van der Waals surface area contributed by atoms with Crippen LogP contribution in [0, 0.1) is 11.7 Å². The summed E-state index contributed by atoms with van der Waals surface area (Å²) in [5.74, 6) is -0.475. The molecule has 0 spiro atoms. The molecule has 4 rings (SSSR count). The highest BCUT2D eigenvalue weighted by Crippen LogP contribution is 2.39. The van der Waals surface area contributed by atoms with E-state index in [2.05, 4.69) is 15.9 Å². The molecule has 3 aliphatic rings. The summed E-state index contributed by atoms with van der Waals surface area (Å²) in [4.78, 5) is 43.3. The number of hydrogen-bond acceptors (Lipinski definition) is 7. The number of benzene rings is 1. The number of nitrogens with zero attached hydrogens (tertiary/aromatic N) is 3. The van der Waals surface area contributed by atoms with Crippen LogP contribution in [0.15, 0.2) is 35.9 Å². The zero-order valence-corrected chi connectivity index (χ0v) is 24.2. The Morgan fingerprint density at radius 2 is 1.87 bits per heavy atom. The van der Waals surface area contributed by atoms with Gasteiger partial charge in [-0.25, -0.2) is 4.39 Å². The van der Waals surface area contributed by atoms with E-state index >= 15 is 0 Å². The number of piperidine rings is 1. The van der Waals surface area contributed by atoms with Gasteiger partial charge >= 0.3 is 5.97 Å². The number of Topliss-reactive ketones (excluding diaryl/α,β-unsaturated/α-hetero) is 1. The van der Waals surface area contributed by atoms with Crippen LogP contribution in [0.25, 0.3) is 0 Å². The molecule has 2 saturated heterocycles. The smallest absolute Gasteiger partial charge is 0.307 e. The predicted octanol–water partition coefficient (Wildman–Crippen LogP) is 3.72. The summed E-state index contributed by atoms with van der Waals surface area (Å²) < 4.78 is 19.7. The largest absolute Gasteiger partial charge is 0.466 e. The second-order valence-corrected chi connectivity index (χ2v) is 10.4. The third kappa shape index (κ3) is 8.42. The lowest BCUT2D eigenvalue weighted by Gasteiger charge is -2.38. The second-order valence-electron chi connectivity index (χ2n) is 9.83. The average molecular weight is 591 g/mol. The first kappa shape index (κ1) is 32.6. The number of piperazine rings is 1. The number of amides is 1. The molecule has 7 nitrogen and oxygen atoms in total. The quantitative estimate of drug-likeness (QED) is 0.255. The molecule has 1 aromatic carbocycles. The SMILES string of the molecule is CCOC(=O)CCN1CCN(CC=C2CN(C(C(=O)C3CC3)c3ccccc3F)CCC2S)CC1=O.Cl.Cl. The van der Waals surface area contributed by atoms with E-state index < -0.39 is 6.04 Å². The molecule has 1 saturated carbocycles. The van der Waals surface area contributed by atoms with E-state index in [1.807, 2.05) is 0 Å². The van der Waals surface area contributed by atoms with Crippen molar-refractivity contribution in [2.24, 2.45) is 5.92 Å². The van der Waals surface area contributed by atoms with E-state index in [0.29, 0.717) is 51.4 Å². The van der Waals surface area contributed by atoms with Gasteiger partial charge in [-0.15, -0.1) is 24.8 Å². The molecule has 2 aliphatic heterocycles. The highest BCUT2D eigenvalue weighted by Gasteiger charge is 2.40. The van der Waals surface area contributed by atoms with E-state index in [9.17, 15) is 18.8 Å². The van der Waals surface area contributed by atoms with Gasteiger partial charge in [-0.2, -0.15) is 12.6 Å². The van der Waals surface area contributed by atoms with Gasteiger partial charge in [0.05, 0.1) is 25.6 Å². The van der Waals surface area contributed by atoms with Crippen molar-refractivity contribution in [3.05, 3.63) is 47.3 Å². The summed E-state index contributed by atoms with van der Waals surface area (Å²) in [5.41, 5.74) is 1.56. The number of hydrogen-bond donors (Lipinski definition) is 1. The van der Waals surface area contributed by atoms with Gasteiger partial charge in [0, 0.05) is 56.0 Å². The lowest BCUT2D eigenvalue weighted by molar-refractivity contribution is -0.144. The van der Waals surface area contributed by atoms with E-state index in [1.54, 1.807) is 30.0 Å². The van der Waals surface area contributed by atoms with Crippen LogP contribution in [0.2, 0.25) is 0 Å². The summed E-state index contributed by atoms with van der Waals surface area (Å²) in [7, 11) is 0. The van der Waals surface area contributed by atoms with Crippen LogP contribution in [0.1, 0.15) is 44.2 Å². The fourth-order valence-corrected chi connectivity index (χ4v) is 5.29. The van der Waals surface area contributed by atoms with Crippen molar-refractivity contribution < 1.29 is 23.5 Å². The molecule has 38 heavy (non-hydrogen) atoms. The maximum Gasteiger partial charge on any atom is 0.307 e. The Morgan fingerprint density at radius 1 is 1.13 bits per heavy atom. The molecule has 1 aromatic rings. The fourth-order valence-electron chi connectivity index (χ4n) is 4.99. The Bertz CT molecular complexity index is 1010. The molecule has 1 amide bonds. The molecule has 3 fully saturated rings. The molecule has 2 unspecified atom stereocenters. The first-order chi connectivity index (χ1) is 17.4. The van der Waals surface area contributed by atoms with E-state index in [4.69, 9.17) is 17.4 Å². The third-order valence-electron chi connectivity index (χ3n) is 7.22. The van der Waals surface area contributed by atoms with Crippen molar-refractivity contribution in [3.63, 3.8) is 0 Å². The topological polar surface area (TPSA) is 70.2 Å². The number of carbonyl (C=O) groups is 3. The van der Waals surface area contributed by atoms with Crippen LogP contribution in [0.5, 0.6) is 0 Å². The van der Waals surface area contributed by atoms with Gasteiger partial charge in [-0.05, 0) is 37.8 Å². The molecular formula is C27H38Cl2FN3O4S. The van der Waals surface area contributed by atoms with Crippen molar-refractivity contribution in [1.29, 1.82) is 0 Å². The van der Waals surface area contributed by atoms with Gasteiger partial charge in [0.25, 0.3) is 0 Å². The van der Waals surface area contributed by atoms with Crippen LogP contribution >= 0.6 is 37.4 Å². The number of rotatable bonds is 10. The van der Waals surface area contributed by atoms with Crippen molar-refractivity contribution in [3.8, 4) is 0 Å². The predicted molar refractivity (Wildman–Crippen MR) is 153 cm³/mol. The number of ketones is 1. The summed E-state index contributed by atoms with van der Waals surface area (Å²) in [6.45, 7) is 5.92. The van der Waals surface area contributed by atoms with Crippen molar-refractivity contribution >= 4 is 55.1 Å². The monoisotopic (exact) mass is 589 g/mol. The second kappa shape index (κ2) is 15.2. The molecule has 0 N–H and O–H groups in total. The number of likely N-dealkylation sites (tertiary alicyclic amines) is 1. The van der Waals surface area contributed by atoms with E-state index in [1.165, 1.54) is 6.07 Å². The summed E-state index contributed by atoms with van der Waals surface area (Å²) in [5, 5.41) is 0.0696. The van der Waals surface area contributed by atoms with E-state index in [-0.39, 0.29) is 65.9 Å². The molecule has 11 heteroatoms. The first-order valence-corrected chi connectivity index (χ1v) is 13.4. The maximum absolute atomic E-state index is 14.7. The van der Waals surface area contributed by atoms with Gasteiger partial charge in [-0.1, -0.05) is 24.3 Å². The Balaban J connectivity index is 0.00000253.